The van der Waals surface area contributed by atoms with Crippen molar-refractivity contribution in [1.29, 1.82) is 0 Å². The van der Waals surface area contributed by atoms with Crippen molar-refractivity contribution in [3.05, 3.63) is 0 Å². The second-order valence-corrected chi connectivity index (χ2v) is 5.09. The van der Waals surface area contributed by atoms with E-state index in [1.807, 2.05) is 4.90 Å². The minimum Gasteiger partial charge on any atom is -0.341 e. The summed E-state index contributed by atoms with van der Waals surface area (Å²) in [6, 6.07) is 0.588. The Kier molecular flexibility index (Phi) is 4.15. The zero-order chi connectivity index (χ0) is 12.3. The highest BCUT2D eigenvalue weighted by molar-refractivity contribution is 5.84. The first-order valence-corrected chi connectivity index (χ1v) is 6.74. The molecule has 1 amide bonds. The first-order chi connectivity index (χ1) is 8.20. The number of carbonyl (C=O) groups excluding carboxylic acids is 2. The van der Waals surface area contributed by atoms with Crippen molar-refractivity contribution in [2.75, 3.05) is 26.2 Å². The van der Waals surface area contributed by atoms with Crippen molar-refractivity contribution in [3.63, 3.8) is 0 Å². The van der Waals surface area contributed by atoms with Crippen LogP contribution in [0.3, 0.4) is 0 Å². The van der Waals surface area contributed by atoms with E-state index >= 15 is 0 Å². The summed E-state index contributed by atoms with van der Waals surface area (Å²) in [5.41, 5.74) is 0. The van der Waals surface area contributed by atoms with Crippen molar-refractivity contribution in [3.8, 4) is 0 Å². The maximum absolute atomic E-state index is 12.1. The summed E-state index contributed by atoms with van der Waals surface area (Å²) in [6.07, 6.45) is 4.66. The molecule has 0 aromatic rings. The van der Waals surface area contributed by atoms with Crippen LogP contribution < -0.4 is 0 Å². The molecule has 0 spiro atoms. The van der Waals surface area contributed by atoms with E-state index in [0.717, 1.165) is 13.0 Å². The number of amides is 1. The fourth-order valence-electron chi connectivity index (χ4n) is 2.84. The molecule has 0 aliphatic carbocycles. The van der Waals surface area contributed by atoms with Gasteiger partial charge < -0.3 is 4.90 Å². The van der Waals surface area contributed by atoms with Gasteiger partial charge in [0, 0.05) is 32.0 Å². The van der Waals surface area contributed by atoms with Crippen LogP contribution in [-0.2, 0) is 9.59 Å². The molecule has 17 heavy (non-hydrogen) atoms. The number of hydrogen-bond donors (Lipinski definition) is 0. The van der Waals surface area contributed by atoms with Gasteiger partial charge in [0.05, 0.1) is 6.54 Å². The van der Waals surface area contributed by atoms with E-state index in [1.165, 1.54) is 12.8 Å². The topological polar surface area (TPSA) is 40.6 Å². The molecule has 2 rings (SSSR count). The van der Waals surface area contributed by atoms with Crippen LogP contribution in [0.2, 0.25) is 0 Å². The second-order valence-electron chi connectivity index (χ2n) is 5.09. The minimum absolute atomic E-state index is 0.206. The Morgan fingerprint density at radius 3 is 2.65 bits per heavy atom. The molecule has 1 unspecified atom stereocenters. The number of Topliss-reactive ketones (excluding diaryl/α,β-unsaturated/α-hetero) is 1. The van der Waals surface area contributed by atoms with Crippen LogP contribution in [-0.4, -0.2) is 53.7 Å². The molecule has 0 aromatic heterocycles. The number of likely N-dealkylation sites (tertiary alicyclic amines) is 2. The Balaban J connectivity index is 1.82. The van der Waals surface area contributed by atoms with Gasteiger partial charge in [-0.1, -0.05) is 6.92 Å². The quantitative estimate of drug-likeness (QED) is 0.738. The summed E-state index contributed by atoms with van der Waals surface area (Å²) in [4.78, 5) is 27.4. The molecular weight excluding hydrogens is 216 g/mol. The van der Waals surface area contributed by atoms with Gasteiger partial charge in [-0.3, -0.25) is 14.5 Å². The van der Waals surface area contributed by atoms with E-state index in [9.17, 15) is 9.59 Å². The summed E-state index contributed by atoms with van der Waals surface area (Å²) < 4.78 is 0. The molecule has 0 aromatic carbocycles. The molecule has 2 fully saturated rings. The normalized spacial score (nSPS) is 26.5. The number of ketones is 1. The average Bonchev–Trinajstić information content (AvgIpc) is 2.77. The van der Waals surface area contributed by atoms with Gasteiger partial charge in [0.25, 0.3) is 0 Å². The molecule has 4 heteroatoms. The Bertz CT molecular complexity index is 294. The third-order valence-corrected chi connectivity index (χ3v) is 3.98. The van der Waals surface area contributed by atoms with Crippen LogP contribution in [0.1, 0.15) is 39.0 Å². The molecule has 0 radical (unpaired) electrons. The molecule has 0 N–H and O–H groups in total. The van der Waals surface area contributed by atoms with Gasteiger partial charge in [-0.05, 0) is 25.8 Å². The predicted octanol–water partition coefficient (Wildman–Crippen LogP) is 1.05. The number of carbonyl (C=O) groups is 2. The summed E-state index contributed by atoms with van der Waals surface area (Å²) in [5.74, 6) is 0.500. The molecule has 2 aliphatic heterocycles. The van der Waals surface area contributed by atoms with E-state index in [1.54, 1.807) is 0 Å². The summed E-state index contributed by atoms with van der Waals surface area (Å²) >= 11 is 0. The van der Waals surface area contributed by atoms with Crippen molar-refractivity contribution < 1.29 is 9.59 Å². The Hall–Kier alpha value is -0.900. The summed E-state index contributed by atoms with van der Waals surface area (Å²) in [7, 11) is 0. The fourth-order valence-corrected chi connectivity index (χ4v) is 2.84. The molecule has 2 heterocycles. The van der Waals surface area contributed by atoms with Gasteiger partial charge in [0.2, 0.25) is 5.91 Å². The van der Waals surface area contributed by atoms with Gasteiger partial charge in [0.1, 0.15) is 5.78 Å². The van der Waals surface area contributed by atoms with Crippen LogP contribution in [0.5, 0.6) is 0 Å². The minimum atomic E-state index is 0.206. The highest BCUT2D eigenvalue weighted by Gasteiger charge is 2.27. The summed E-state index contributed by atoms with van der Waals surface area (Å²) in [6.45, 7) is 5.04. The first-order valence-electron chi connectivity index (χ1n) is 6.74. The van der Waals surface area contributed by atoms with Crippen LogP contribution in [0.4, 0.5) is 0 Å². The van der Waals surface area contributed by atoms with E-state index in [-0.39, 0.29) is 5.91 Å². The highest BCUT2D eigenvalue weighted by Crippen LogP contribution is 2.19. The van der Waals surface area contributed by atoms with Crippen molar-refractivity contribution in [2.45, 2.75) is 45.1 Å². The molecule has 1 atom stereocenters. The molecular formula is C13H22N2O2. The third kappa shape index (κ3) is 3.06. The van der Waals surface area contributed by atoms with E-state index in [4.69, 9.17) is 0 Å². The van der Waals surface area contributed by atoms with Crippen molar-refractivity contribution in [1.82, 2.24) is 9.80 Å². The Morgan fingerprint density at radius 1 is 1.29 bits per heavy atom. The maximum atomic E-state index is 12.1. The number of rotatable bonds is 3. The van der Waals surface area contributed by atoms with Crippen LogP contribution in [0.15, 0.2) is 0 Å². The lowest BCUT2D eigenvalue weighted by molar-refractivity contribution is -0.135. The number of nitrogens with zero attached hydrogens (tertiary/aromatic N) is 2. The Morgan fingerprint density at radius 2 is 2.00 bits per heavy atom. The molecule has 0 saturated carbocycles. The zero-order valence-electron chi connectivity index (χ0n) is 10.7. The summed E-state index contributed by atoms with van der Waals surface area (Å²) in [5, 5.41) is 0. The molecule has 96 valence electrons. The molecule has 2 aliphatic rings. The van der Waals surface area contributed by atoms with Crippen LogP contribution >= 0.6 is 0 Å². The van der Waals surface area contributed by atoms with E-state index in [2.05, 4.69) is 11.8 Å². The number of piperidine rings is 1. The lowest BCUT2D eigenvalue weighted by Gasteiger charge is -2.30. The zero-order valence-corrected chi connectivity index (χ0v) is 10.7. The lowest BCUT2D eigenvalue weighted by atomic mass is 10.1. The van der Waals surface area contributed by atoms with Crippen molar-refractivity contribution in [2.24, 2.45) is 0 Å². The monoisotopic (exact) mass is 238 g/mol. The lowest BCUT2D eigenvalue weighted by Crippen LogP contribution is -2.45. The average molecular weight is 238 g/mol. The third-order valence-electron chi connectivity index (χ3n) is 3.98. The SMILES string of the molecule is CCC1CCCN1CC(=O)N1CCC(=O)CC1. The molecule has 2 saturated heterocycles. The van der Waals surface area contributed by atoms with E-state index in [0.29, 0.717) is 44.3 Å². The van der Waals surface area contributed by atoms with Gasteiger partial charge >= 0.3 is 0 Å². The van der Waals surface area contributed by atoms with Gasteiger partial charge in [-0.15, -0.1) is 0 Å². The second kappa shape index (κ2) is 5.63. The van der Waals surface area contributed by atoms with Crippen LogP contribution in [0, 0.1) is 0 Å². The Labute approximate surface area is 103 Å². The maximum Gasteiger partial charge on any atom is 0.236 e. The van der Waals surface area contributed by atoms with E-state index < -0.39 is 0 Å². The molecule has 0 bridgehead atoms. The van der Waals surface area contributed by atoms with Gasteiger partial charge in [0.15, 0.2) is 0 Å². The molecule has 4 nitrogen and oxygen atoms in total. The van der Waals surface area contributed by atoms with Crippen molar-refractivity contribution >= 4 is 11.7 Å². The van der Waals surface area contributed by atoms with Gasteiger partial charge in [-0.25, -0.2) is 0 Å². The first kappa shape index (κ1) is 12.6. The standard InChI is InChI=1S/C13H22N2O2/c1-2-11-4-3-7-15(11)10-13(17)14-8-5-12(16)6-9-14/h11H,2-10H2,1H3. The largest absolute Gasteiger partial charge is 0.341 e. The van der Waals surface area contributed by atoms with Gasteiger partial charge in [-0.2, -0.15) is 0 Å². The fraction of sp³-hybridized carbons (Fsp3) is 0.846. The van der Waals surface area contributed by atoms with Crippen LogP contribution in [0.25, 0.3) is 0 Å². The predicted molar refractivity (Wildman–Crippen MR) is 65.7 cm³/mol. The smallest absolute Gasteiger partial charge is 0.236 e. The number of hydrogen-bond acceptors (Lipinski definition) is 3. The highest BCUT2D eigenvalue weighted by atomic mass is 16.2.